The Balaban J connectivity index is 0.939. The minimum atomic E-state index is -0.516. The van der Waals surface area contributed by atoms with Crippen LogP contribution in [0, 0.1) is 0 Å². The topological polar surface area (TPSA) is 21.3 Å². The van der Waals surface area contributed by atoms with Crippen molar-refractivity contribution in [3.05, 3.63) is 337 Å². The largest absolute Gasteiger partial charge is 0.311 e. The molecule has 2 aliphatic heterocycles. The first kappa shape index (κ1) is 67.4. The Kier molecular flexibility index (Phi) is 15.1. The number of hydrogen-bond donors (Lipinski definition) is 0. The molecule has 0 amide bonds. The first-order valence-electron chi connectivity index (χ1n) is 46.7. The molecule has 0 saturated carbocycles. The standard InChI is InChI=1S/C114H104BN5S/c1-109(2,3)75-44-51-96-88(62-75)89-63-76(110(4,5)6)45-52-97(89)117(96)83-67-104-106-105(68-83)120(101-42-30-38-87-86-37-29-41-100(107(86)121-108(87)101)119-98-53-46-77(111(7,8)9)64-90(98)91-65-78(112(10,11)12)47-54-99(91)119)102-60-71(74-56-79(113(13,14)15)61-80(57-74)114(16,17)18)43-49-92(102)115(106)93-50-48-81(116-94-39-27-25-35-84(94)85-36-26-28-40-95(85)116)66-103(93)118(104)82-58-72(69-31-21-19-22-32-69)55-73(59-82)70-33-23-20-24-34-70/h19-68H,1-18H3/i25D,26D,27D,28D,35D,36D,39D,40D. The highest BCUT2D eigenvalue weighted by Gasteiger charge is 2.46. The number of para-hydroxylation sites is 2. The van der Waals surface area contributed by atoms with E-state index in [1.54, 1.807) is 4.57 Å². The summed E-state index contributed by atoms with van der Waals surface area (Å²) in [5.41, 5.74) is 28.1. The average molecular weight is 1600 g/mol. The highest BCUT2D eigenvalue weighted by atomic mass is 32.1. The molecule has 594 valence electrons. The number of anilines is 6. The lowest BCUT2D eigenvalue weighted by Gasteiger charge is -2.45. The fraction of sp³-hybridized carbons (Fsp3) is 0.211. The van der Waals surface area contributed by atoms with Gasteiger partial charge in [0.25, 0.3) is 6.71 Å². The van der Waals surface area contributed by atoms with E-state index in [4.69, 9.17) is 0 Å². The van der Waals surface area contributed by atoms with Crippen LogP contribution in [-0.4, -0.2) is 20.4 Å². The van der Waals surface area contributed by atoms with E-state index in [-0.39, 0.29) is 66.4 Å². The highest BCUT2D eigenvalue weighted by Crippen LogP contribution is 2.54. The number of thiophene rings is 1. The molecule has 0 radical (unpaired) electrons. The van der Waals surface area contributed by atoms with E-state index in [0.29, 0.717) is 5.69 Å². The number of benzene rings is 15. The Morgan fingerprint density at radius 2 is 0.636 bits per heavy atom. The molecular formula is C114H104BN5S. The normalized spacial score (nSPS) is 14.4. The molecule has 5 nitrogen and oxygen atoms in total. The summed E-state index contributed by atoms with van der Waals surface area (Å²) in [5.74, 6) is 0. The quantitative estimate of drug-likeness (QED) is 0.141. The molecule has 4 aromatic heterocycles. The Labute approximate surface area is 728 Å². The average Bonchev–Trinajstić information content (AvgIpc) is 1.61. The van der Waals surface area contributed by atoms with Gasteiger partial charge in [-0.3, -0.25) is 0 Å². The predicted octanol–water partition coefficient (Wildman–Crippen LogP) is 30.2. The third-order valence-electron chi connectivity index (χ3n) is 25.9. The van der Waals surface area contributed by atoms with Crippen molar-refractivity contribution in [1.82, 2.24) is 13.7 Å². The summed E-state index contributed by atoms with van der Waals surface area (Å²) in [7, 11) is 0. The number of rotatable bonds is 8. The Morgan fingerprint density at radius 3 is 1.11 bits per heavy atom. The van der Waals surface area contributed by atoms with Crippen molar-refractivity contribution in [3.8, 4) is 50.4 Å². The molecule has 0 atom stereocenters. The van der Waals surface area contributed by atoms with E-state index in [2.05, 4.69) is 392 Å². The van der Waals surface area contributed by atoms with Gasteiger partial charge in [-0.25, -0.2) is 0 Å². The maximum Gasteiger partial charge on any atom is 0.252 e. The zero-order valence-corrected chi connectivity index (χ0v) is 73.3. The van der Waals surface area contributed by atoms with Crippen LogP contribution < -0.4 is 26.2 Å². The van der Waals surface area contributed by atoms with Gasteiger partial charge in [-0.2, -0.15) is 0 Å². The van der Waals surface area contributed by atoms with Crippen LogP contribution in [0.25, 0.3) is 136 Å². The summed E-state index contributed by atoms with van der Waals surface area (Å²) in [6.07, 6.45) is 0. The minimum absolute atomic E-state index is 0.0106. The summed E-state index contributed by atoms with van der Waals surface area (Å²) in [4.78, 5) is 5.04. The zero-order chi connectivity index (χ0) is 90.6. The lowest BCUT2D eigenvalue weighted by atomic mass is 9.33. The van der Waals surface area contributed by atoms with Crippen LogP contribution in [-0.2, 0) is 32.5 Å². The second kappa shape index (κ2) is 27.0. The molecule has 6 heterocycles. The van der Waals surface area contributed by atoms with E-state index in [1.807, 2.05) is 17.4 Å². The Hall–Kier alpha value is -12.4. The van der Waals surface area contributed by atoms with Crippen LogP contribution in [0.2, 0.25) is 0 Å². The predicted molar refractivity (Wildman–Crippen MR) is 525 cm³/mol. The van der Waals surface area contributed by atoms with Gasteiger partial charge in [0.2, 0.25) is 0 Å². The van der Waals surface area contributed by atoms with Crippen LogP contribution in [0.4, 0.5) is 34.1 Å². The summed E-state index contributed by atoms with van der Waals surface area (Å²) in [6, 6.07) is 92.2. The van der Waals surface area contributed by atoms with Gasteiger partial charge < -0.3 is 23.5 Å². The van der Waals surface area contributed by atoms with Gasteiger partial charge in [0.05, 0.1) is 70.5 Å². The molecule has 15 aromatic carbocycles. The van der Waals surface area contributed by atoms with Gasteiger partial charge in [-0.15, -0.1) is 11.3 Å². The maximum atomic E-state index is 9.97. The molecule has 0 spiro atoms. The van der Waals surface area contributed by atoms with Crippen LogP contribution >= 0.6 is 11.3 Å². The second-order valence-corrected chi connectivity index (χ2v) is 41.1. The molecule has 0 unspecified atom stereocenters. The van der Waals surface area contributed by atoms with Crippen molar-refractivity contribution in [3.63, 3.8) is 0 Å². The van der Waals surface area contributed by atoms with Gasteiger partial charge in [0.15, 0.2) is 0 Å². The summed E-state index contributed by atoms with van der Waals surface area (Å²) in [6.45, 7) is 40.9. The van der Waals surface area contributed by atoms with Crippen molar-refractivity contribution in [2.45, 2.75) is 157 Å². The molecule has 21 rings (SSSR count). The number of aromatic nitrogens is 3. The highest BCUT2D eigenvalue weighted by molar-refractivity contribution is 7.27. The summed E-state index contributed by atoms with van der Waals surface area (Å²) < 4.78 is 85.5. The first-order chi connectivity index (χ1) is 61.1. The molecule has 0 saturated heterocycles. The molecule has 19 aromatic rings. The molecule has 0 bridgehead atoms. The fourth-order valence-corrected chi connectivity index (χ4v) is 20.5. The van der Waals surface area contributed by atoms with Crippen LogP contribution in [0.15, 0.2) is 303 Å². The van der Waals surface area contributed by atoms with Crippen molar-refractivity contribution < 1.29 is 11.0 Å². The lowest BCUT2D eigenvalue weighted by molar-refractivity contribution is 0.569. The molecule has 0 N–H and O–H groups in total. The maximum absolute atomic E-state index is 9.97. The van der Waals surface area contributed by atoms with E-state index >= 15 is 0 Å². The van der Waals surface area contributed by atoms with Crippen molar-refractivity contribution in [1.29, 1.82) is 0 Å². The lowest BCUT2D eigenvalue weighted by Crippen LogP contribution is -2.61. The van der Waals surface area contributed by atoms with Gasteiger partial charge in [0.1, 0.15) is 0 Å². The van der Waals surface area contributed by atoms with Gasteiger partial charge in [-0.1, -0.05) is 306 Å². The molecule has 7 heteroatoms. The van der Waals surface area contributed by atoms with Crippen LogP contribution in [0.3, 0.4) is 0 Å². The third kappa shape index (κ3) is 12.4. The summed E-state index contributed by atoms with van der Waals surface area (Å²) >= 11 is 1.85. The molecule has 0 aliphatic carbocycles. The third-order valence-corrected chi connectivity index (χ3v) is 27.2. The van der Waals surface area contributed by atoms with E-state index < -0.39 is 43.0 Å². The zero-order valence-electron chi connectivity index (χ0n) is 80.5. The summed E-state index contributed by atoms with van der Waals surface area (Å²) in [5, 5.41) is 7.05. The minimum Gasteiger partial charge on any atom is -0.311 e. The molecule has 0 fully saturated rings. The van der Waals surface area contributed by atoms with E-state index in [0.717, 1.165) is 144 Å². The molecule has 121 heavy (non-hydrogen) atoms. The Bertz CT molecular complexity index is 7740. The SMILES string of the molecule is [2H]c1c([2H])c([2H])c2c(c1[2H])c1c([2H])c([2H])c([2H])c([2H])c1n2-c1ccc2c(c1)N(c1cc(-c3ccccc3)cc(-c3ccccc3)c1)c1cc(-n3c4ccc(C(C)(C)C)cc4c4cc(C(C)(C)C)ccc43)cc3c1B2c1ccc(-c2cc(C(C)(C)C)cc(C(C)(C)C)c2)cc1N3c1cccc2c1sc1c(-n3c4ccc(C(C)(C)C)cc4c4cc(C(C)(C)C)ccc43)cccc12. The van der Waals surface area contributed by atoms with Gasteiger partial charge >= 0.3 is 0 Å². The Morgan fingerprint density at radius 1 is 0.240 bits per heavy atom. The van der Waals surface area contributed by atoms with Crippen LogP contribution in [0.5, 0.6) is 0 Å². The molecule has 2 aliphatic rings. The molecular weight excluding hydrogens is 1480 g/mol. The number of fused-ring (bicyclic) bond motifs is 16. The van der Waals surface area contributed by atoms with Crippen LogP contribution in [0.1, 0.15) is 169 Å². The smallest absolute Gasteiger partial charge is 0.252 e. The first-order valence-corrected chi connectivity index (χ1v) is 43.6. The van der Waals surface area contributed by atoms with Crippen molar-refractivity contribution >= 4 is 154 Å². The van der Waals surface area contributed by atoms with Crippen molar-refractivity contribution in [2.24, 2.45) is 0 Å². The monoisotopic (exact) mass is 1590 g/mol. The van der Waals surface area contributed by atoms with Gasteiger partial charge in [-0.05, 0) is 237 Å². The van der Waals surface area contributed by atoms with Crippen molar-refractivity contribution in [2.75, 3.05) is 9.80 Å². The fourth-order valence-electron chi connectivity index (χ4n) is 19.2. The number of hydrogen-bond acceptors (Lipinski definition) is 3. The van der Waals surface area contributed by atoms with Gasteiger partial charge in [0, 0.05) is 77.2 Å². The van der Waals surface area contributed by atoms with E-state index in [9.17, 15) is 11.0 Å². The second-order valence-electron chi connectivity index (χ2n) is 40.1. The van der Waals surface area contributed by atoms with E-state index in [1.165, 1.54) is 48.9 Å². The number of nitrogens with zero attached hydrogens (tertiary/aromatic N) is 5.